The fourth-order valence-corrected chi connectivity index (χ4v) is 1.79. The Bertz CT molecular complexity index is 287. The molecule has 0 aromatic heterocycles. The number of amides is 3. The molecule has 3 amide bonds. The molecule has 5 nitrogen and oxygen atoms in total. The fourth-order valence-electron chi connectivity index (χ4n) is 1.79. The molecule has 1 aliphatic rings. The molecule has 0 aliphatic carbocycles. The first-order valence-corrected chi connectivity index (χ1v) is 5.88. The summed E-state index contributed by atoms with van der Waals surface area (Å²) in [6.45, 7) is 6.13. The summed E-state index contributed by atoms with van der Waals surface area (Å²) in [5.74, 6) is -0.149. The molecule has 0 spiro atoms. The van der Waals surface area contributed by atoms with Crippen LogP contribution in [0.1, 0.15) is 40.0 Å². The van der Waals surface area contributed by atoms with Crippen LogP contribution in [-0.4, -0.2) is 35.0 Å². The van der Waals surface area contributed by atoms with Gasteiger partial charge in [0.1, 0.15) is 6.04 Å². The van der Waals surface area contributed by atoms with Crippen LogP contribution in [0.3, 0.4) is 0 Å². The second kappa shape index (κ2) is 4.82. The smallest absolute Gasteiger partial charge is 0.324 e. The minimum atomic E-state index is -0.463. The van der Waals surface area contributed by atoms with Gasteiger partial charge in [0.25, 0.3) is 5.91 Å². The van der Waals surface area contributed by atoms with Gasteiger partial charge in [-0.1, -0.05) is 20.8 Å². The van der Waals surface area contributed by atoms with Crippen molar-refractivity contribution in [3.63, 3.8) is 0 Å². The number of nitrogens with one attached hydrogen (secondary N) is 1. The van der Waals surface area contributed by atoms with Gasteiger partial charge in [0, 0.05) is 12.1 Å². The monoisotopic (exact) mass is 227 g/mol. The zero-order valence-corrected chi connectivity index (χ0v) is 10.2. The zero-order chi connectivity index (χ0) is 12.3. The fraction of sp³-hybridized carbons (Fsp3) is 0.818. The summed E-state index contributed by atoms with van der Waals surface area (Å²) >= 11 is 0. The normalized spacial score (nSPS) is 21.5. The van der Waals surface area contributed by atoms with Gasteiger partial charge in [-0.15, -0.1) is 0 Å². The Hall–Kier alpha value is -1.10. The Balaban J connectivity index is 2.74. The number of nitrogens with zero attached hydrogens (tertiary/aromatic N) is 1. The Morgan fingerprint density at radius 2 is 1.88 bits per heavy atom. The maximum atomic E-state index is 11.8. The lowest BCUT2D eigenvalue weighted by Gasteiger charge is -2.30. The molecule has 0 radical (unpaired) electrons. The van der Waals surface area contributed by atoms with E-state index < -0.39 is 5.54 Å². The highest BCUT2D eigenvalue weighted by Gasteiger charge is 2.40. The van der Waals surface area contributed by atoms with Crippen molar-refractivity contribution in [2.45, 2.75) is 51.6 Å². The number of urea groups is 1. The third-order valence-electron chi connectivity index (χ3n) is 3.40. The van der Waals surface area contributed by atoms with Crippen molar-refractivity contribution >= 4 is 11.9 Å². The van der Waals surface area contributed by atoms with Crippen molar-refractivity contribution in [2.24, 2.45) is 5.73 Å². The Labute approximate surface area is 96.4 Å². The van der Waals surface area contributed by atoms with E-state index in [2.05, 4.69) is 5.32 Å². The third kappa shape index (κ3) is 2.35. The highest BCUT2D eigenvalue weighted by Crippen LogP contribution is 2.17. The van der Waals surface area contributed by atoms with Gasteiger partial charge in [0.15, 0.2) is 0 Å². The summed E-state index contributed by atoms with van der Waals surface area (Å²) in [7, 11) is 0. The average molecular weight is 227 g/mol. The van der Waals surface area contributed by atoms with Crippen LogP contribution in [0.4, 0.5) is 4.79 Å². The van der Waals surface area contributed by atoms with Gasteiger partial charge in [-0.2, -0.15) is 0 Å². The lowest BCUT2D eigenvalue weighted by molar-refractivity contribution is -0.128. The molecule has 1 atom stereocenters. The molecule has 1 fully saturated rings. The first-order chi connectivity index (χ1) is 7.47. The summed E-state index contributed by atoms with van der Waals surface area (Å²) in [6.07, 6.45) is 2.12. The largest absolute Gasteiger partial charge is 0.326 e. The Morgan fingerprint density at radius 1 is 1.31 bits per heavy atom. The number of imide groups is 1. The van der Waals surface area contributed by atoms with Crippen molar-refractivity contribution in [1.29, 1.82) is 0 Å². The number of carbonyl (C=O) groups excluding carboxylic acids is 2. The standard InChI is InChI=1S/C11H21N3O2/c1-4-8-9(15)14(10(16)13-8)7-11(12,5-2)6-3/h8H,4-7,12H2,1-3H3,(H,13,16). The van der Waals surface area contributed by atoms with Crippen LogP contribution in [-0.2, 0) is 4.79 Å². The predicted molar refractivity (Wildman–Crippen MR) is 61.8 cm³/mol. The van der Waals surface area contributed by atoms with Gasteiger partial charge >= 0.3 is 6.03 Å². The van der Waals surface area contributed by atoms with Crippen LogP contribution in [0.2, 0.25) is 0 Å². The number of hydrogen-bond acceptors (Lipinski definition) is 3. The second-order valence-electron chi connectivity index (χ2n) is 4.40. The Kier molecular flexibility index (Phi) is 3.91. The first-order valence-electron chi connectivity index (χ1n) is 5.88. The third-order valence-corrected chi connectivity index (χ3v) is 3.40. The van der Waals surface area contributed by atoms with Crippen molar-refractivity contribution in [3.05, 3.63) is 0 Å². The maximum absolute atomic E-state index is 11.8. The molecule has 1 heterocycles. The summed E-state index contributed by atoms with van der Waals surface area (Å²) < 4.78 is 0. The van der Waals surface area contributed by atoms with Gasteiger partial charge in [-0.05, 0) is 19.3 Å². The Morgan fingerprint density at radius 3 is 2.25 bits per heavy atom. The summed E-state index contributed by atoms with van der Waals surface area (Å²) in [5.41, 5.74) is 5.65. The molecule has 1 aliphatic heterocycles. The van der Waals surface area contributed by atoms with E-state index in [0.29, 0.717) is 13.0 Å². The molecule has 92 valence electrons. The van der Waals surface area contributed by atoms with Gasteiger partial charge in [0.2, 0.25) is 0 Å². The molecule has 0 aromatic carbocycles. The van der Waals surface area contributed by atoms with Crippen LogP contribution in [0.5, 0.6) is 0 Å². The first kappa shape index (κ1) is 13.0. The minimum absolute atomic E-state index is 0.149. The van der Waals surface area contributed by atoms with E-state index >= 15 is 0 Å². The molecule has 1 unspecified atom stereocenters. The molecule has 0 bridgehead atoms. The van der Waals surface area contributed by atoms with Crippen LogP contribution >= 0.6 is 0 Å². The molecule has 1 saturated heterocycles. The molecule has 0 aromatic rings. The lowest BCUT2D eigenvalue weighted by atomic mass is 9.93. The molecule has 3 N–H and O–H groups in total. The SMILES string of the molecule is CCC1NC(=O)N(CC(N)(CC)CC)C1=O. The van der Waals surface area contributed by atoms with Crippen LogP contribution in [0.25, 0.3) is 0 Å². The summed E-state index contributed by atoms with van der Waals surface area (Å²) in [4.78, 5) is 24.7. The maximum Gasteiger partial charge on any atom is 0.324 e. The van der Waals surface area contributed by atoms with Crippen LogP contribution in [0, 0.1) is 0 Å². The van der Waals surface area contributed by atoms with Crippen molar-refractivity contribution in [1.82, 2.24) is 10.2 Å². The van der Waals surface area contributed by atoms with E-state index in [9.17, 15) is 9.59 Å². The van der Waals surface area contributed by atoms with Crippen LogP contribution in [0.15, 0.2) is 0 Å². The van der Waals surface area contributed by atoms with E-state index in [0.717, 1.165) is 12.8 Å². The van der Waals surface area contributed by atoms with Crippen molar-refractivity contribution < 1.29 is 9.59 Å². The molecule has 0 saturated carbocycles. The van der Waals surface area contributed by atoms with Gasteiger partial charge in [-0.25, -0.2) is 4.79 Å². The summed E-state index contributed by atoms with van der Waals surface area (Å²) in [5, 5.41) is 2.66. The summed E-state index contributed by atoms with van der Waals surface area (Å²) in [6, 6.07) is -0.681. The highest BCUT2D eigenvalue weighted by molar-refractivity contribution is 6.04. The molecular formula is C11H21N3O2. The van der Waals surface area contributed by atoms with Gasteiger partial charge in [0.05, 0.1) is 0 Å². The molecular weight excluding hydrogens is 206 g/mol. The zero-order valence-electron chi connectivity index (χ0n) is 10.2. The van der Waals surface area contributed by atoms with E-state index in [-0.39, 0.29) is 18.0 Å². The van der Waals surface area contributed by atoms with Crippen LogP contribution < -0.4 is 11.1 Å². The van der Waals surface area contributed by atoms with Crippen molar-refractivity contribution in [2.75, 3.05) is 6.54 Å². The number of hydrogen-bond donors (Lipinski definition) is 2. The molecule has 16 heavy (non-hydrogen) atoms. The average Bonchev–Trinajstić information content (AvgIpc) is 2.56. The minimum Gasteiger partial charge on any atom is -0.326 e. The lowest BCUT2D eigenvalue weighted by Crippen LogP contribution is -2.51. The van der Waals surface area contributed by atoms with Gasteiger partial charge < -0.3 is 11.1 Å². The van der Waals surface area contributed by atoms with E-state index in [4.69, 9.17) is 5.73 Å². The highest BCUT2D eigenvalue weighted by atomic mass is 16.2. The topological polar surface area (TPSA) is 75.4 Å². The number of carbonyl (C=O) groups is 2. The quantitative estimate of drug-likeness (QED) is 0.683. The molecule has 5 heteroatoms. The molecule has 1 rings (SSSR count). The second-order valence-corrected chi connectivity index (χ2v) is 4.40. The van der Waals surface area contributed by atoms with E-state index in [1.807, 2.05) is 20.8 Å². The predicted octanol–water partition coefficient (Wildman–Crippen LogP) is 0.834. The number of nitrogens with two attached hydrogens (primary N) is 1. The van der Waals surface area contributed by atoms with E-state index in [1.165, 1.54) is 4.90 Å². The van der Waals surface area contributed by atoms with Crippen molar-refractivity contribution in [3.8, 4) is 0 Å². The number of rotatable bonds is 5. The van der Waals surface area contributed by atoms with Gasteiger partial charge in [-0.3, -0.25) is 9.69 Å². The van der Waals surface area contributed by atoms with E-state index in [1.54, 1.807) is 0 Å².